The second kappa shape index (κ2) is 10.3. The van der Waals surface area contributed by atoms with Crippen LogP contribution >= 0.6 is 0 Å². The van der Waals surface area contributed by atoms with Gasteiger partial charge >= 0.3 is 6.03 Å². The third-order valence-electron chi connectivity index (χ3n) is 5.64. The predicted molar refractivity (Wildman–Crippen MR) is 125 cm³/mol. The highest BCUT2D eigenvalue weighted by Gasteiger charge is 2.26. The Bertz CT molecular complexity index is 1140. The van der Waals surface area contributed by atoms with E-state index in [1.165, 1.54) is 12.1 Å². The Morgan fingerprint density at radius 1 is 0.970 bits per heavy atom. The summed E-state index contributed by atoms with van der Waals surface area (Å²) in [5.74, 6) is -0.562. The van der Waals surface area contributed by atoms with Crippen LogP contribution in [-0.2, 0) is 29.1 Å². The van der Waals surface area contributed by atoms with Gasteiger partial charge in [0.05, 0.1) is 12.3 Å². The second-order valence-electron chi connectivity index (χ2n) is 7.95. The van der Waals surface area contributed by atoms with Crippen LogP contribution in [0.3, 0.4) is 0 Å². The standard InChI is InChI=1S/C26H26FN3O3/c1-18(33-17-19-8-3-2-4-9-19)25(31)30-15-14-21-20(16-30)10-7-13-23(21)28-26(32)29-24-12-6-5-11-22(24)27/h2-13,18H,14-17H2,1H3,(H2,28,29,32). The molecule has 3 amide bonds. The molecule has 1 aliphatic rings. The number of nitrogens with zero attached hydrogens (tertiary/aromatic N) is 1. The van der Waals surface area contributed by atoms with Crippen LogP contribution in [0.4, 0.5) is 20.6 Å². The first-order valence-corrected chi connectivity index (χ1v) is 10.9. The minimum atomic E-state index is -0.556. The fourth-order valence-corrected chi connectivity index (χ4v) is 3.88. The van der Waals surface area contributed by atoms with Crippen LogP contribution < -0.4 is 10.6 Å². The number of hydrogen-bond donors (Lipinski definition) is 2. The SMILES string of the molecule is CC(OCc1ccccc1)C(=O)N1CCc2c(cccc2NC(=O)Nc2ccccc2F)C1. The Balaban J connectivity index is 1.37. The van der Waals surface area contributed by atoms with Gasteiger partial charge in [-0.1, -0.05) is 54.6 Å². The zero-order valence-electron chi connectivity index (χ0n) is 18.4. The number of nitrogens with one attached hydrogen (secondary N) is 2. The Labute approximate surface area is 192 Å². The Morgan fingerprint density at radius 2 is 1.67 bits per heavy atom. The summed E-state index contributed by atoms with van der Waals surface area (Å²) in [6, 6.07) is 20.8. The summed E-state index contributed by atoms with van der Waals surface area (Å²) in [7, 11) is 0. The summed E-state index contributed by atoms with van der Waals surface area (Å²) >= 11 is 0. The number of hydrogen-bond acceptors (Lipinski definition) is 3. The zero-order valence-corrected chi connectivity index (χ0v) is 18.4. The molecule has 1 unspecified atom stereocenters. The van der Waals surface area contributed by atoms with Gasteiger partial charge in [0.15, 0.2) is 0 Å². The van der Waals surface area contributed by atoms with E-state index in [1.54, 1.807) is 24.0 Å². The first-order chi connectivity index (χ1) is 16.0. The molecule has 6 nitrogen and oxygen atoms in total. The van der Waals surface area contributed by atoms with E-state index in [2.05, 4.69) is 10.6 Å². The van der Waals surface area contributed by atoms with Crippen LogP contribution in [0.1, 0.15) is 23.6 Å². The highest BCUT2D eigenvalue weighted by Crippen LogP contribution is 2.27. The molecule has 1 atom stereocenters. The van der Waals surface area contributed by atoms with Crippen molar-refractivity contribution in [3.05, 3.63) is 95.3 Å². The van der Waals surface area contributed by atoms with Crippen molar-refractivity contribution in [2.75, 3.05) is 17.2 Å². The Hall–Kier alpha value is -3.71. The average Bonchev–Trinajstić information content (AvgIpc) is 2.84. The molecular formula is C26H26FN3O3. The molecule has 0 saturated heterocycles. The first-order valence-electron chi connectivity index (χ1n) is 10.9. The fraction of sp³-hybridized carbons (Fsp3) is 0.231. The van der Waals surface area contributed by atoms with Crippen LogP contribution in [0, 0.1) is 5.82 Å². The number of fused-ring (bicyclic) bond motifs is 1. The topological polar surface area (TPSA) is 70.7 Å². The summed E-state index contributed by atoms with van der Waals surface area (Å²) in [5.41, 5.74) is 3.73. The molecule has 1 heterocycles. The molecule has 170 valence electrons. The lowest BCUT2D eigenvalue weighted by Crippen LogP contribution is -2.42. The molecule has 3 aromatic rings. The number of urea groups is 1. The van der Waals surface area contributed by atoms with Gasteiger partial charge in [-0.05, 0) is 48.2 Å². The van der Waals surface area contributed by atoms with Crippen LogP contribution in [0.5, 0.6) is 0 Å². The molecule has 3 aromatic carbocycles. The first kappa shape index (κ1) is 22.5. The van der Waals surface area contributed by atoms with Crippen molar-refractivity contribution in [3.8, 4) is 0 Å². The van der Waals surface area contributed by atoms with E-state index in [0.29, 0.717) is 31.8 Å². The van der Waals surface area contributed by atoms with E-state index in [-0.39, 0.29) is 11.6 Å². The van der Waals surface area contributed by atoms with E-state index in [1.807, 2.05) is 48.5 Å². The highest BCUT2D eigenvalue weighted by atomic mass is 19.1. The quantitative estimate of drug-likeness (QED) is 0.561. The van der Waals surface area contributed by atoms with Crippen molar-refractivity contribution in [3.63, 3.8) is 0 Å². The van der Waals surface area contributed by atoms with E-state index >= 15 is 0 Å². The monoisotopic (exact) mass is 447 g/mol. The summed E-state index contributed by atoms with van der Waals surface area (Å²) in [4.78, 5) is 27.1. The molecule has 7 heteroatoms. The molecule has 4 rings (SSSR count). The molecule has 0 aliphatic carbocycles. The number of carbonyl (C=O) groups excluding carboxylic acids is 2. The van der Waals surface area contributed by atoms with E-state index in [0.717, 1.165) is 16.7 Å². The predicted octanol–water partition coefficient (Wildman–Crippen LogP) is 4.96. The molecule has 0 radical (unpaired) electrons. The third kappa shape index (κ3) is 5.56. The maximum atomic E-state index is 13.8. The van der Waals surface area contributed by atoms with Gasteiger partial charge in [0.1, 0.15) is 11.9 Å². The number of amides is 3. The van der Waals surface area contributed by atoms with Crippen molar-refractivity contribution >= 4 is 23.3 Å². The number of para-hydroxylation sites is 1. The van der Waals surface area contributed by atoms with Gasteiger partial charge in [0.25, 0.3) is 5.91 Å². The van der Waals surface area contributed by atoms with Crippen LogP contribution in [0.2, 0.25) is 0 Å². The summed E-state index contributed by atoms with van der Waals surface area (Å²) in [5, 5.41) is 5.34. The lowest BCUT2D eigenvalue weighted by Gasteiger charge is -2.32. The molecule has 0 saturated carbocycles. The molecule has 2 N–H and O–H groups in total. The van der Waals surface area contributed by atoms with Crippen LogP contribution in [0.15, 0.2) is 72.8 Å². The van der Waals surface area contributed by atoms with Crippen molar-refractivity contribution in [1.82, 2.24) is 4.90 Å². The maximum absolute atomic E-state index is 13.8. The van der Waals surface area contributed by atoms with Crippen molar-refractivity contribution in [1.29, 1.82) is 0 Å². The van der Waals surface area contributed by atoms with Crippen LogP contribution in [-0.4, -0.2) is 29.5 Å². The van der Waals surface area contributed by atoms with Crippen molar-refractivity contribution < 1.29 is 18.7 Å². The van der Waals surface area contributed by atoms with E-state index in [9.17, 15) is 14.0 Å². The van der Waals surface area contributed by atoms with Gasteiger partial charge in [-0.3, -0.25) is 4.79 Å². The number of ether oxygens (including phenoxy) is 1. The van der Waals surface area contributed by atoms with Gasteiger partial charge in [0.2, 0.25) is 0 Å². The number of carbonyl (C=O) groups is 2. The number of anilines is 2. The molecule has 33 heavy (non-hydrogen) atoms. The molecule has 0 spiro atoms. The lowest BCUT2D eigenvalue weighted by molar-refractivity contribution is -0.144. The normalized spacial score (nSPS) is 13.7. The molecule has 0 fully saturated rings. The van der Waals surface area contributed by atoms with E-state index in [4.69, 9.17) is 4.74 Å². The zero-order chi connectivity index (χ0) is 23.2. The molecular weight excluding hydrogens is 421 g/mol. The summed E-state index contributed by atoms with van der Waals surface area (Å²) < 4.78 is 19.6. The summed E-state index contributed by atoms with van der Waals surface area (Å²) in [6.45, 7) is 3.12. The minimum absolute atomic E-state index is 0.0627. The van der Waals surface area contributed by atoms with Gasteiger partial charge in [-0.25, -0.2) is 9.18 Å². The highest BCUT2D eigenvalue weighted by molar-refractivity contribution is 6.00. The van der Waals surface area contributed by atoms with Crippen molar-refractivity contribution in [2.24, 2.45) is 0 Å². The van der Waals surface area contributed by atoms with Gasteiger partial charge in [0, 0.05) is 18.8 Å². The van der Waals surface area contributed by atoms with Gasteiger partial charge < -0.3 is 20.3 Å². The number of benzene rings is 3. The summed E-state index contributed by atoms with van der Waals surface area (Å²) in [6.07, 6.45) is 0.0439. The third-order valence-corrected chi connectivity index (χ3v) is 5.64. The Kier molecular flexibility index (Phi) is 7.00. The maximum Gasteiger partial charge on any atom is 0.323 e. The largest absolute Gasteiger partial charge is 0.364 e. The van der Waals surface area contributed by atoms with Gasteiger partial charge in [-0.2, -0.15) is 0 Å². The average molecular weight is 448 g/mol. The Morgan fingerprint density at radius 3 is 2.45 bits per heavy atom. The number of rotatable bonds is 6. The van der Waals surface area contributed by atoms with Crippen molar-refractivity contribution in [2.45, 2.75) is 32.6 Å². The fourth-order valence-electron chi connectivity index (χ4n) is 3.88. The molecule has 0 aromatic heterocycles. The minimum Gasteiger partial charge on any atom is -0.364 e. The smallest absolute Gasteiger partial charge is 0.323 e. The molecule has 0 bridgehead atoms. The second-order valence-corrected chi connectivity index (χ2v) is 7.95. The van der Waals surface area contributed by atoms with E-state index < -0.39 is 18.0 Å². The lowest BCUT2D eigenvalue weighted by atomic mass is 9.97. The molecule has 1 aliphatic heterocycles. The number of halogens is 1. The van der Waals surface area contributed by atoms with Gasteiger partial charge in [-0.15, -0.1) is 0 Å². The van der Waals surface area contributed by atoms with Crippen LogP contribution in [0.25, 0.3) is 0 Å².